The predicted octanol–water partition coefficient (Wildman–Crippen LogP) is 0.402. The highest BCUT2D eigenvalue weighted by Crippen LogP contribution is 2.26. The molecule has 0 radical (unpaired) electrons. The lowest BCUT2D eigenvalue weighted by atomic mass is 9.92. The smallest absolute Gasteiger partial charge is 0.138 e. The van der Waals surface area contributed by atoms with E-state index >= 15 is 0 Å². The Morgan fingerprint density at radius 3 is 2.62 bits per heavy atom. The molecule has 0 aliphatic carbocycles. The lowest BCUT2D eigenvalue weighted by Crippen LogP contribution is -2.40. The van der Waals surface area contributed by atoms with E-state index in [-0.39, 0.29) is 12.4 Å². The van der Waals surface area contributed by atoms with Crippen molar-refractivity contribution in [3.63, 3.8) is 0 Å². The van der Waals surface area contributed by atoms with Gasteiger partial charge >= 0.3 is 0 Å². The number of H-pyrrole nitrogens is 1. The summed E-state index contributed by atoms with van der Waals surface area (Å²) in [7, 11) is 0. The first kappa shape index (κ1) is 10.5. The molecule has 1 aromatic rings. The average Bonchev–Trinajstić information content (AvgIpc) is 2.58. The molecule has 2 rings (SSSR count). The summed E-state index contributed by atoms with van der Waals surface area (Å²) in [4.78, 5) is 7.04. The van der Waals surface area contributed by atoms with Crippen molar-refractivity contribution in [2.75, 3.05) is 13.1 Å². The first-order valence-electron chi connectivity index (χ1n) is 4.24. The Labute approximate surface area is 83.2 Å². The molecule has 0 bridgehead atoms. The van der Waals surface area contributed by atoms with Crippen LogP contribution in [0.3, 0.4) is 0 Å². The van der Waals surface area contributed by atoms with Crippen molar-refractivity contribution < 1.29 is 5.11 Å². The fraction of sp³-hybridized carbons (Fsp3) is 0.625. The Morgan fingerprint density at radius 1 is 1.38 bits per heavy atom. The molecule has 0 aromatic carbocycles. The number of imidazole rings is 1. The van der Waals surface area contributed by atoms with E-state index in [1.807, 2.05) is 0 Å². The van der Waals surface area contributed by atoms with Crippen molar-refractivity contribution in [1.29, 1.82) is 0 Å². The maximum Gasteiger partial charge on any atom is 0.138 e. The minimum Gasteiger partial charge on any atom is -0.382 e. The summed E-state index contributed by atoms with van der Waals surface area (Å²) in [5.41, 5.74) is -0.727. The van der Waals surface area contributed by atoms with Crippen LogP contribution in [0.5, 0.6) is 0 Å². The van der Waals surface area contributed by atoms with Crippen LogP contribution in [-0.2, 0) is 5.60 Å². The number of aromatic amines is 1. The Morgan fingerprint density at radius 2 is 2.08 bits per heavy atom. The first-order valence-corrected chi connectivity index (χ1v) is 4.24. The molecule has 2 heterocycles. The van der Waals surface area contributed by atoms with Crippen LogP contribution in [-0.4, -0.2) is 28.2 Å². The molecular formula is C8H14ClN3O. The lowest BCUT2D eigenvalue weighted by Gasteiger charge is -2.30. The summed E-state index contributed by atoms with van der Waals surface area (Å²) >= 11 is 0. The minimum atomic E-state index is -0.727. The van der Waals surface area contributed by atoms with Crippen molar-refractivity contribution in [2.24, 2.45) is 0 Å². The zero-order chi connectivity index (χ0) is 8.44. The second-order valence-electron chi connectivity index (χ2n) is 3.22. The number of hydrogen-bond donors (Lipinski definition) is 3. The van der Waals surface area contributed by atoms with Gasteiger partial charge in [0.05, 0.1) is 0 Å². The molecular weight excluding hydrogens is 190 g/mol. The molecule has 1 aromatic heterocycles. The highest BCUT2D eigenvalue weighted by molar-refractivity contribution is 5.85. The van der Waals surface area contributed by atoms with Gasteiger partial charge in [0.1, 0.15) is 11.4 Å². The number of aliphatic hydroxyl groups is 1. The summed E-state index contributed by atoms with van der Waals surface area (Å²) in [5, 5.41) is 13.3. The van der Waals surface area contributed by atoms with Gasteiger partial charge < -0.3 is 15.4 Å². The van der Waals surface area contributed by atoms with Gasteiger partial charge in [0.25, 0.3) is 0 Å². The molecule has 5 heteroatoms. The molecule has 0 spiro atoms. The van der Waals surface area contributed by atoms with Crippen LogP contribution in [0, 0.1) is 0 Å². The van der Waals surface area contributed by atoms with Crippen molar-refractivity contribution in [1.82, 2.24) is 15.3 Å². The largest absolute Gasteiger partial charge is 0.382 e. The molecule has 74 valence electrons. The van der Waals surface area contributed by atoms with Gasteiger partial charge in [-0.15, -0.1) is 12.4 Å². The second kappa shape index (κ2) is 4.09. The monoisotopic (exact) mass is 203 g/mol. The lowest BCUT2D eigenvalue weighted by molar-refractivity contribution is -0.00174. The fourth-order valence-corrected chi connectivity index (χ4v) is 1.60. The maximum absolute atomic E-state index is 10.1. The quantitative estimate of drug-likeness (QED) is 0.620. The van der Waals surface area contributed by atoms with Gasteiger partial charge in [-0.3, -0.25) is 0 Å². The van der Waals surface area contributed by atoms with Gasteiger partial charge in [0.2, 0.25) is 0 Å². The van der Waals surface area contributed by atoms with E-state index in [1.54, 1.807) is 12.4 Å². The zero-order valence-electron chi connectivity index (χ0n) is 7.29. The molecule has 0 saturated carbocycles. The van der Waals surface area contributed by atoms with Crippen LogP contribution in [0.4, 0.5) is 0 Å². The number of nitrogens with one attached hydrogen (secondary N) is 2. The highest BCUT2D eigenvalue weighted by atomic mass is 35.5. The Bertz CT molecular complexity index is 244. The third kappa shape index (κ3) is 2.02. The summed E-state index contributed by atoms with van der Waals surface area (Å²) in [5.74, 6) is 0.698. The van der Waals surface area contributed by atoms with Gasteiger partial charge in [0, 0.05) is 12.4 Å². The third-order valence-electron chi connectivity index (χ3n) is 2.37. The minimum absolute atomic E-state index is 0. The average molecular weight is 204 g/mol. The van der Waals surface area contributed by atoms with Crippen molar-refractivity contribution in [2.45, 2.75) is 18.4 Å². The molecule has 0 unspecified atom stereocenters. The van der Waals surface area contributed by atoms with Crippen LogP contribution in [0.2, 0.25) is 0 Å². The summed E-state index contributed by atoms with van der Waals surface area (Å²) in [6.07, 6.45) is 4.89. The second-order valence-corrected chi connectivity index (χ2v) is 3.22. The standard InChI is InChI=1S/C8H13N3O.ClH/c12-8(1-3-9-4-2-8)7-10-5-6-11-7;/h5-6,9,12H,1-4H2,(H,10,11);1H. The van der Waals surface area contributed by atoms with Crippen LogP contribution in [0.15, 0.2) is 12.4 Å². The Kier molecular flexibility index (Phi) is 3.30. The molecule has 0 amide bonds. The fourth-order valence-electron chi connectivity index (χ4n) is 1.60. The molecule has 0 atom stereocenters. The van der Waals surface area contributed by atoms with E-state index in [2.05, 4.69) is 15.3 Å². The van der Waals surface area contributed by atoms with E-state index in [9.17, 15) is 5.11 Å². The molecule has 1 aliphatic heterocycles. The molecule has 4 nitrogen and oxygen atoms in total. The Hall–Kier alpha value is -0.580. The topological polar surface area (TPSA) is 60.9 Å². The summed E-state index contributed by atoms with van der Waals surface area (Å²) in [6, 6.07) is 0. The Balaban J connectivity index is 0.000000845. The van der Waals surface area contributed by atoms with E-state index < -0.39 is 5.60 Å². The molecule has 3 N–H and O–H groups in total. The first-order chi connectivity index (χ1) is 5.81. The van der Waals surface area contributed by atoms with Crippen molar-refractivity contribution >= 4 is 12.4 Å². The summed E-state index contributed by atoms with van der Waals surface area (Å²) < 4.78 is 0. The number of halogens is 1. The number of nitrogens with zero attached hydrogens (tertiary/aromatic N) is 1. The number of hydrogen-bond acceptors (Lipinski definition) is 3. The molecule has 1 fully saturated rings. The molecule has 1 saturated heterocycles. The normalized spacial score (nSPS) is 20.7. The van der Waals surface area contributed by atoms with Crippen molar-refractivity contribution in [3.05, 3.63) is 18.2 Å². The zero-order valence-corrected chi connectivity index (χ0v) is 8.10. The van der Waals surface area contributed by atoms with E-state index in [0.29, 0.717) is 5.82 Å². The summed E-state index contributed by atoms with van der Waals surface area (Å²) in [6.45, 7) is 1.72. The number of piperidine rings is 1. The number of rotatable bonds is 1. The molecule has 13 heavy (non-hydrogen) atoms. The van der Waals surface area contributed by atoms with Gasteiger partial charge in [-0.05, 0) is 25.9 Å². The van der Waals surface area contributed by atoms with E-state index in [4.69, 9.17) is 0 Å². The number of aromatic nitrogens is 2. The third-order valence-corrected chi connectivity index (χ3v) is 2.37. The van der Waals surface area contributed by atoms with Gasteiger partial charge in [-0.2, -0.15) is 0 Å². The van der Waals surface area contributed by atoms with Crippen LogP contribution in [0.25, 0.3) is 0 Å². The van der Waals surface area contributed by atoms with E-state index in [1.165, 1.54) is 0 Å². The van der Waals surface area contributed by atoms with Crippen LogP contribution < -0.4 is 5.32 Å². The van der Waals surface area contributed by atoms with Crippen LogP contribution in [0.1, 0.15) is 18.7 Å². The maximum atomic E-state index is 10.1. The van der Waals surface area contributed by atoms with Gasteiger partial charge in [-0.1, -0.05) is 0 Å². The van der Waals surface area contributed by atoms with Gasteiger partial charge in [0.15, 0.2) is 0 Å². The molecule has 1 aliphatic rings. The van der Waals surface area contributed by atoms with E-state index in [0.717, 1.165) is 25.9 Å². The van der Waals surface area contributed by atoms with Gasteiger partial charge in [-0.25, -0.2) is 4.98 Å². The SMILES string of the molecule is Cl.OC1(c2ncc[nH]2)CCNCC1. The van der Waals surface area contributed by atoms with Crippen molar-refractivity contribution in [3.8, 4) is 0 Å². The van der Waals surface area contributed by atoms with Crippen LogP contribution >= 0.6 is 12.4 Å². The highest BCUT2D eigenvalue weighted by Gasteiger charge is 2.33. The predicted molar refractivity (Wildman–Crippen MR) is 51.8 cm³/mol.